The zero-order valence-corrected chi connectivity index (χ0v) is 11.4. The van der Waals surface area contributed by atoms with Gasteiger partial charge in [-0.05, 0) is 41.8 Å². The molecule has 0 aromatic carbocycles. The SMILES string of the molecule is CCCOCCOCCNCCc1ccsc1. The van der Waals surface area contributed by atoms with Crippen LogP contribution in [0.5, 0.6) is 0 Å². The van der Waals surface area contributed by atoms with Crippen molar-refractivity contribution in [2.45, 2.75) is 19.8 Å². The monoisotopic (exact) mass is 257 g/mol. The smallest absolute Gasteiger partial charge is 0.0701 e. The summed E-state index contributed by atoms with van der Waals surface area (Å²) in [5, 5.41) is 7.68. The average molecular weight is 257 g/mol. The molecule has 0 bridgehead atoms. The Morgan fingerprint density at radius 2 is 1.94 bits per heavy atom. The van der Waals surface area contributed by atoms with E-state index in [2.05, 4.69) is 29.1 Å². The van der Waals surface area contributed by atoms with E-state index < -0.39 is 0 Å². The molecular weight excluding hydrogens is 234 g/mol. The lowest BCUT2D eigenvalue weighted by molar-refractivity contribution is 0.0491. The van der Waals surface area contributed by atoms with Gasteiger partial charge in [-0.2, -0.15) is 11.3 Å². The molecule has 1 aromatic rings. The maximum absolute atomic E-state index is 5.43. The summed E-state index contributed by atoms with van der Waals surface area (Å²) >= 11 is 1.75. The molecule has 3 nitrogen and oxygen atoms in total. The summed E-state index contributed by atoms with van der Waals surface area (Å²) in [4.78, 5) is 0. The van der Waals surface area contributed by atoms with Crippen molar-refractivity contribution in [2.24, 2.45) is 0 Å². The second kappa shape index (κ2) is 10.7. The van der Waals surface area contributed by atoms with Gasteiger partial charge in [0.05, 0.1) is 19.8 Å². The van der Waals surface area contributed by atoms with Crippen molar-refractivity contribution in [3.8, 4) is 0 Å². The molecule has 1 N–H and O–H groups in total. The quantitative estimate of drug-likeness (QED) is 0.617. The Morgan fingerprint density at radius 3 is 2.65 bits per heavy atom. The number of hydrogen-bond acceptors (Lipinski definition) is 4. The first-order valence-corrected chi connectivity index (χ1v) is 7.25. The molecule has 0 aliphatic heterocycles. The Labute approximate surface area is 108 Å². The van der Waals surface area contributed by atoms with E-state index in [1.165, 1.54) is 5.56 Å². The van der Waals surface area contributed by atoms with Crippen molar-refractivity contribution >= 4 is 11.3 Å². The predicted molar refractivity (Wildman–Crippen MR) is 72.8 cm³/mol. The molecule has 0 atom stereocenters. The van der Waals surface area contributed by atoms with Gasteiger partial charge in [-0.25, -0.2) is 0 Å². The summed E-state index contributed by atoms with van der Waals surface area (Å²) in [6, 6.07) is 2.17. The van der Waals surface area contributed by atoms with Crippen molar-refractivity contribution in [1.82, 2.24) is 5.32 Å². The zero-order chi connectivity index (χ0) is 12.2. The minimum Gasteiger partial charge on any atom is -0.379 e. The standard InChI is InChI=1S/C13H23NO2S/c1-2-7-15-9-10-16-8-6-14-5-3-13-4-11-17-12-13/h4,11-12,14H,2-3,5-10H2,1H3. The summed E-state index contributed by atoms with van der Waals surface area (Å²) in [5.74, 6) is 0. The van der Waals surface area contributed by atoms with Crippen LogP contribution < -0.4 is 5.32 Å². The second-order valence-electron chi connectivity index (χ2n) is 3.86. The number of rotatable bonds is 11. The molecule has 4 heteroatoms. The molecule has 1 rings (SSSR count). The van der Waals surface area contributed by atoms with Gasteiger partial charge in [0.2, 0.25) is 0 Å². The normalized spacial score (nSPS) is 10.9. The highest BCUT2D eigenvalue weighted by Gasteiger charge is 1.93. The Bertz CT molecular complexity index is 252. The second-order valence-corrected chi connectivity index (χ2v) is 4.64. The first-order chi connectivity index (χ1) is 8.43. The predicted octanol–water partition coefficient (Wildman–Crippen LogP) is 2.32. The van der Waals surface area contributed by atoms with Gasteiger partial charge >= 0.3 is 0 Å². The van der Waals surface area contributed by atoms with Gasteiger partial charge < -0.3 is 14.8 Å². The van der Waals surface area contributed by atoms with Crippen molar-refractivity contribution < 1.29 is 9.47 Å². The summed E-state index contributed by atoms with van der Waals surface area (Å²) in [6.45, 7) is 7.05. The molecular formula is C13H23NO2S. The molecule has 0 spiro atoms. The number of ether oxygens (including phenoxy) is 2. The third-order valence-electron chi connectivity index (χ3n) is 2.31. The van der Waals surface area contributed by atoms with Crippen LogP contribution in [0.1, 0.15) is 18.9 Å². The van der Waals surface area contributed by atoms with Crippen LogP contribution in [0.3, 0.4) is 0 Å². The molecule has 0 unspecified atom stereocenters. The first-order valence-electron chi connectivity index (χ1n) is 6.30. The summed E-state index contributed by atoms with van der Waals surface area (Å²) in [5.41, 5.74) is 1.41. The zero-order valence-electron chi connectivity index (χ0n) is 10.6. The molecule has 0 saturated carbocycles. The van der Waals surface area contributed by atoms with Crippen LogP contribution in [0.25, 0.3) is 0 Å². The summed E-state index contributed by atoms with van der Waals surface area (Å²) < 4.78 is 10.7. The van der Waals surface area contributed by atoms with E-state index in [4.69, 9.17) is 9.47 Å². The topological polar surface area (TPSA) is 30.5 Å². The number of nitrogens with one attached hydrogen (secondary N) is 1. The molecule has 0 saturated heterocycles. The molecule has 0 aliphatic rings. The number of hydrogen-bond donors (Lipinski definition) is 1. The van der Waals surface area contributed by atoms with Crippen LogP contribution in [-0.2, 0) is 15.9 Å². The highest BCUT2D eigenvalue weighted by atomic mass is 32.1. The van der Waals surface area contributed by atoms with Crippen LogP contribution in [0.4, 0.5) is 0 Å². The van der Waals surface area contributed by atoms with Crippen LogP contribution in [0, 0.1) is 0 Å². The van der Waals surface area contributed by atoms with E-state index in [0.717, 1.165) is 39.1 Å². The maximum atomic E-state index is 5.43. The highest BCUT2D eigenvalue weighted by Crippen LogP contribution is 2.05. The fourth-order valence-corrected chi connectivity index (χ4v) is 2.11. The lowest BCUT2D eigenvalue weighted by Crippen LogP contribution is -2.22. The third kappa shape index (κ3) is 8.32. The van der Waals surface area contributed by atoms with Crippen molar-refractivity contribution in [3.63, 3.8) is 0 Å². The van der Waals surface area contributed by atoms with Crippen LogP contribution in [0.2, 0.25) is 0 Å². The van der Waals surface area contributed by atoms with Crippen LogP contribution in [-0.4, -0.2) is 39.5 Å². The third-order valence-corrected chi connectivity index (χ3v) is 3.05. The average Bonchev–Trinajstić information content (AvgIpc) is 2.85. The Hall–Kier alpha value is -0.420. The van der Waals surface area contributed by atoms with Gasteiger partial charge in [0.1, 0.15) is 0 Å². The molecule has 17 heavy (non-hydrogen) atoms. The fraction of sp³-hybridized carbons (Fsp3) is 0.692. The van der Waals surface area contributed by atoms with Crippen molar-refractivity contribution in [2.75, 3.05) is 39.5 Å². The molecule has 0 fully saturated rings. The van der Waals surface area contributed by atoms with Gasteiger partial charge in [-0.15, -0.1) is 0 Å². The van der Waals surface area contributed by atoms with Gasteiger partial charge in [0, 0.05) is 13.2 Å². The van der Waals surface area contributed by atoms with E-state index in [1.807, 2.05) is 0 Å². The van der Waals surface area contributed by atoms with E-state index in [-0.39, 0.29) is 0 Å². The molecule has 1 aromatic heterocycles. The molecule has 1 heterocycles. The number of thiophene rings is 1. The highest BCUT2D eigenvalue weighted by molar-refractivity contribution is 7.07. The van der Waals surface area contributed by atoms with E-state index in [1.54, 1.807) is 11.3 Å². The van der Waals surface area contributed by atoms with E-state index >= 15 is 0 Å². The van der Waals surface area contributed by atoms with Gasteiger partial charge in [0.25, 0.3) is 0 Å². The molecule has 0 amide bonds. The minimum absolute atomic E-state index is 0.701. The maximum Gasteiger partial charge on any atom is 0.0701 e. The summed E-state index contributed by atoms with van der Waals surface area (Å²) in [7, 11) is 0. The summed E-state index contributed by atoms with van der Waals surface area (Å²) in [6.07, 6.45) is 2.17. The molecule has 98 valence electrons. The molecule has 0 aliphatic carbocycles. The van der Waals surface area contributed by atoms with Gasteiger partial charge in [-0.3, -0.25) is 0 Å². The Kier molecular flexibility index (Phi) is 9.23. The van der Waals surface area contributed by atoms with E-state index in [0.29, 0.717) is 13.2 Å². The largest absolute Gasteiger partial charge is 0.379 e. The Morgan fingerprint density at radius 1 is 1.12 bits per heavy atom. The van der Waals surface area contributed by atoms with E-state index in [9.17, 15) is 0 Å². The van der Waals surface area contributed by atoms with Crippen LogP contribution >= 0.6 is 11.3 Å². The lowest BCUT2D eigenvalue weighted by Gasteiger charge is -2.06. The van der Waals surface area contributed by atoms with Gasteiger partial charge in [0.15, 0.2) is 0 Å². The fourth-order valence-electron chi connectivity index (χ4n) is 1.40. The van der Waals surface area contributed by atoms with Crippen molar-refractivity contribution in [1.29, 1.82) is 0 Å². The van der Waals surface area contributed by atoms with Crippen molar-refractivity contribution in [3.05, 3.63) is 22.4 Å². The Balaban J connectivity index is 1.76. The molecule has 0 radical (unpaired) electrons. The first kappa shape index (κ1) is 14.6. The lowest BCUT2D eigenvalue weighted by atomic mass is 10.2. The minimum atomic E-state index is 0.701. The van der Waals surface area contributed by atoms with Gasteiger partial charge in [-0.1, -0.05) is 6.92 Å². The van der Waals surface area contributed by atoms with Crippen LogP contribution in [0.15, 0.2) is 16.8 Å².